The molecule has 0 saturated carbocycles. The lowest BCUT2D eigenvalue weighted by atomic mass is 10.2. The predicted octanol–water partition coefficient (Wildman–Crippen LogP) is 5.74. The second-order valence-electron chi connectivity index (χ2n) is 10.5. The molecule has 0 bridgehead atoms. The first-order valence-corrected chi connectivity index (χ1v) is 14.7. The van der Waals surface area contributed by atoms with Crippen molar-refractivity contribution in [1.29, 1.82) is 0 Å². The standard InChI is InChI=1S/C23H29BrF2N4O6S2/c1-22(2,3)35-20(31)29-8-7-13(10-29)28-15-9-14(25)19(18(26)17(15)24)38(33,34)30(16-11-37-12-27-16)21(32)36-23(4,5)6/h9,11-13,28H,7-8,10H2,1-6H3. The third kappa shape index (κ3) is 6.91. The molecule has 1 fully saturated rings. The number of carbonyl (C=O) groups excluding carboxylic acids is 2. The van der Waals surface area contributed by atoms with Gasteiger partial charge in [0.2, 0.25) is 0 Å². The fraction of sp³-hybridized carbons (Fsp3) is 0.522. The molecule has 1 atom stereocenters. The van der Waals surface area contributed by atoms with Crippen molar-refractivity contribution in [2.24, 2.45) is 0 Å². The molecule has 1 aliphatic rings. The normalized spacial score (nSPS) is 16.3. The number of anilines is 2. The van der Waals surface area contributed by atoms with Crippen LogP contribution in [0.3, 0.4) is 0 Å². The molecule has 1 aromatic carbocycles. The number of halogens is 3. The van der Waals surface area contributed by atoms with E-state index in [-0.39, 0.29) is 32.9 Å². The number of nitrogens with one attached hydrogen (secondary N) is 1. The minimum absolute atomic E-state index is 0.0625. The van der Waals surface area contributed by atoms with E-state index in [1.54, 1.807) is 20.8 Å². The molecule has 38 heavy (non-hydrogen) atoms. The molecule has 210 valence electrons. The number of carbonyl (C=O) groups is 2. The highest BCUT2D eigenvalue weighted by molar-refractivity contribution is 9.10. The minimum Gasteiger partial charge on any atom is -0.444 e. The Hall–Kier alpha value is -2.52. The zero-order valence-electron chi connectivity index (χ0n) is 21.7. The molecule has 0 radical (unpaired) electrons. The lowest BCUT2D eigenvalue weighted by Crippen LogP contribution is -2.42. The second-order valence-corrected chi connectivity index (χ2v) is 13.8. The van der Waals surface area contributed by atoms with E-state index in [4.69, 9.17) is 9.47 Å². The molecule has 1 unspecified atom stereocenters. The van der Waals surface area contributed by atoms with Gasteiger partial charge in [-0.2, -0.15) is 0 Å². The average Bonchev–Trinajstić information content (AvgIpc) is 3.41. The van der Waals surface area contributed by atoms with Crippen LogP contribution in [0.25, 0.3) is 0 Å². The molecule has 2 heterocycles. The van der Waals surface area contributed by atoms with Gasteiger partial charge in [0.25, 0.3) is 10.0 Å². The number of sulfonamides is 1. The maximum absolute atomic E-state index is 15.5. The fourth-order valence-corrected chi connectivity index (χ4v) is 6.06. The van der Waals surface area contributed by atoms with Crippen molar-refractivity contribution >= 4 is 61.0 Å². The third-order valence-electron chi connectivity index (χ3n) is 5.00. The Morgan fingerprint density at radius 1 is 1.18 bits per heavy atom. The van der Waals surface area contributed by atoms with Crippen molar-refractivity contribution in [3.05, 3.63) is 33.1 Å². The molecular formula is C23H29BrF2N4O6S2. The number of nitrogens with zero attached hydrogens (tertiary/aromatic N) is 3. The van der Waals surface area contributed by atoms with E-state index in [1.165, 1.54) is 36.6 Å². The zero-order valence-corrected chi connectivity index (χ0v) is 24.9. The monoisotopic (exact) mass is 638 g/mol. The van der Waals surface area contributed by atoms with Gasteiger partial charge in [0, 0.05) is 24.5 Å². The number of ether oxygens (including phenoxy) is 2. The topological polar surface area (TPSA) is 118 Å². The van der Waals surface area contributed by atoms with Crippen LogP contribution in [-0.4, -0.2) is 60.8 Å². The summed E-state index contributed by atoms with van der Waals surface area (Å²) >= 11 is 3.99. The van der Waals surface area contributed by atoms with Crippen molar-refractivity contribution < 1.29 is 36.3 Å². The highest BCUT2D eigenvalue weighted by Crippen LogP contribution is 2.37. The summed E-state index contributed by atoms with van der Waals surface area (Å²) in [4.78, 5) is 29.1. The van der Waals surface area contributed by atoms with E-state index in [1.807, 2.05) is 0 Å². The van der Waals surface area contributed by atoms with Crippen molar-refractivity contribution in [2.45, 2.75) is 70.1 Å². The smallest absolute Gasteiger partial charge is 0.430 e. The van der Waals surface area contributed by atoms with Gasteiger partial charge in [-0.05, 0) is 70.0 Å². The van der Waals surface area contributed by atoms with Crippen molar-refractivity contribution in [1.82, 2.24) is 9.88 Å². The summed E-state index contributed by atoms with van der Waals surface area (Å²) in [5.41, 5.74) is -0.571. The predicted molar refractivity (Wildman–Crippen MR) is 142 cm³/mol. The third-order valence-corrected chi connectivity index (χ3v) is 8.06. The molecule has 10 nitrogen and oxygen atoms in total. The van der Waals surface area contributed by atoms with Crippen LogP contribution in [-0.2, 0) is 19.5 Å². The number of amides is 2. The largest absolute Gasteiger partial charge is 0.444 e. The molecule has 2 aromatic rings. The molecule has 0 spiro atoms. The Labute approximate surface area is 232 Å². The summed E-state index contributed by atoms with van der Waals surface area (Å²) < 4.78 is 68.0. The molecule has 1 saturated heterocycles. The van der Waals surface area contributed by atoms with Gasteiger partial charge in [-0.15, -0.1) is 15.6 Å². The van der Waals surface area contributed by atoms with Gasteiger partial charge in [0.1, 0.15) is 17.0 Å². The lowest BCUT2D eigenvalue weighted by molar-refractivity contribution is 0.0293. The van der Waals surface area contributed by atoms with Gasteiger partial charge in [0.05, 0.1) is 15.7 Å². The molecule has 2 amide bonds. The molecule has 1 aliphatic heterocycles. The summed E-state index contributed by atoms with van der Waals surface area (Å²) in [5, 5.41) is 4.18. The van der Waals surface area contributed by atoms with Gasteiger partial charge < -0.3 is 19.7 Å². The van der Waals surface area contributed by atoms with Gasteiger partial charge >= 0.3 is 12.2 Å². The number of hydrogen-bond donors (Lipinski definition) is 1. The lowest BCUT2D eigenvalue weighted by Gasteiger charge is -2.26. The number of aromatic nitrogens is 1. The average molecular weight is 640 g/mol. The van der Waals surface area contributed by atoms with Gasteiger partial charge in [0.15, 0.2) is 16.5 Å². The molecule has 1 N–H and O–H groups in total. The van der Waals surface area contributed by atoms with Crippen LogP contribution in [0.2, 0.25) is 0 Å². The van der Waals surface area contributed by atoms with E-state index >= 15 is 8.78 Å². The Bertz CT molecular complexity index is 1310. The van der Waals surface area contributed by atoms with Gasteiger partial charge in [-0.1, -0.05) is 0 Å². The van der Waals surface area contributed by atoms with E-state index in [2.05, 4.69) is 26.2 Å². The SMILES string of the molecule is CC(C)(C)OC(=O)N1CCC(Nc2cc(F)c(S(=O)(=O)N(C(=O)OC(C)(C)C)c3cscn3)c(F)c2Br)C1. The highest BCUT2D eigenvalue weighted by atomic mass is 79.9. The van der Waals surface area contributed by atoms with E-state index in [0.717, 1.165) is 17.4 Å². The molecule has 1 aromatic heterocycles. The summed E-state index contributed by atoms with van der Waals surface area (Å²) in [7, 11) is -5.14. The van der Waals surface area contributed by atoms with Crippen LogP contribution in [0.15, 0.2) is 26.3 Å². The Kier molecular flexibility index (Phi) is 8.63. The van der Waals surface area contributed by atoms with Crippen molar-refractivity contribution in [3.63, 3.8) is 0 Å². The first-order chi connectivity index (χ1) is 17.4. The first-order valence-electron chi connectivity index (χ1n) is 11.5. The van der Waals surface area contributed by atoms with Gasteiger partial charge in [-0.3, -0.25) is 0 Å². The molecule has 0 aliphatic carbocycles. The maximum Gasteiger partial charge on any atom is 0.430 e. The minimum atomic E-state index is -5.14. The Morgan fingerprint density at radius 3 is 2.37 bits per heavy atom. The van der Waals surface area contributed by atoms with E-state index < -0.39 is 49.9 Å². The molecule has 3 rings (SSSR count). The quantitative estimate of drug-likeness (QED) is 0.412. The fourth-order valence-electron chi connectivity index (χ4n) is 3.53. The van der Waals surface area contributed by atoms with Crippen LogP contribution < -0.4 is 9.62 Å². The summed E-state index contributed by atoms with van der Waals surface area (Å²) in [6, 6.07) is 0.429. The maximum atomic E-state index is 15.5. The van der Waals surface area contributed by atoms with Crippen LogP contribution >= 0.6 is 27.3 Å². The zero-order chi connectivity index (χ0) is 28.6. The number of thiazole rings is 1. The number of benzene rings is 1. The van der Waals surface area contributed by atoms with Crippen LogP contribution in [0, 0.1) is 11.6 Å². The Morgan fingerprint density at radius 2 is 1.82 bits per heavy atom. The van der Waals surface area contributed by atoms with E-state index in [9.17, 15) is 18.0 Å². The summed E-state index contributed by atoms with van der Waals surface area (Å²) in [5.74, 6) is -3.24. The Balaban J connectivity index is 1.91. The number of rotatable bonds is 5. The highest BCUT2D eigenvalue weighted by Gasteiger charge is 2.41. The van der Waals surface area contributed by atoms with Crippen LogP contribution in [0.1, 0.15) is 48.0 Å². The molecule has 15 heteroatoms. The van der Waals surface area contributed by atoms with Crippen molar-refractivity contribution in [2.75, 3.05) is 22.7 Å². The van der Waals surface area contributed by atoms with Crippen molar-refractivity contribution in [3.8, 4) is 0 Å². The first kappa shape index (κ1) is 30.0. The number of likely N-dealkylation sites (tertiary alicyclic amines) is 1. The number of hydrogen-bond acceptors (Lipinski definition) is 9. The summed E-state index contributed by atoms with van der Waals surface area (Å²) in [6.45, 7) is 10.3. The second kappa shape index (κ2) is 10.9. The van der Waals surface area contributed by atoms with Crippen LogP contribution in [0.5, 0.6) is 0 Å². The van der Waals surface area contributed by atoms with Gasteiger partial charge in [-0.25, -0.2) is 31.8 Å². The van der Waals surface area contributed by atoms with E-state index in [0.29, 0.717) is 13.0 Å². The van der Waals surface area contributed by atoms with Crippen LogP contribution in [0.4, 0.5) is 29.9 Å². The molecular weight excluding hydrogens is 610 g/mol. The summed E-state index contributed by atoms with van der Waals surface area (Å²) in [6.07, 6.45) is -1.41.